The lowest BCUT2D eigenvalue weighted by atomic mass is 9.90. The smallest absolute Gasteiger partial charge is 0.232 e. The number of anilines is 1. The number of nitrogens with one attached hydrogen (secondary N) is 1. The minimum atomic E-state index is -0.231. The highest BCUT2D eigenvalue weighted by Gasteiger charge is 2.32. The second kappa shape index (κ2) is 5.58. The lowest BCUT2D eigenvalue weighted by Gasteiger charge is -2.18. The summed E-state index contributed by atoms with van der Waals surface area (Å²) in [4.78, 5) is 12.2. The molecule has 0 spiro atoms. The van der Waals surface area contributed by atoms with Crippen LogP contribution in [0.2, 0.25) is 0 Å². The number of nitrogens with two attached hydrogens (primary N) is 1. The van der Waals surface area contributed by atoms with Crippen LogP contribution in [0, 0.1) is 13.8 Å². The number of carbonyl (C=O) groups excluding carboxylic acids is 1. The summed E-state index contributed by atoms with van der Waals surface area (Å²) in [5.74, 6) is 0.0272. The van der Waals surface area contributed by atoms with Gasteiger partial charge in [0.25, 0.3) is 0 Å². The summed E-state index contributed by atoms with van der Waals surface area (Å²) in [5.41, 5.74) is 12.9. The van der Waals surface area contributed by atoms with Crippen LogP contribution in [0.4, 0.5) is 5.69 Å². The van der Waals surface area contributed by atoms with E-state index in [4.69, 9.17) is 5.73 Å². The number of rotatable bonds is 3. The Balaban J connectivity index is 2.08. The van der Waals surface area contributed by atoms with Gasteiger partial charge in [0, 0.05) is 5.69 Å². The highest BCUT2D eigenvalue weighted by molar-refractivity contribution is 6.04. The summed E-state index contributed by atoms with van der Waals surface area (Å²) in [6, 6.07) is 12.2. The average molecular weight is 294 g/mol. The van der Waals surface area contributed by atoms with Crippen molar-refractivity contribution in [1.29, 1.82) is 0 Å². The second-order valence-electron chi connectivity index (χ2n) is 6.16. The summed E-state index contributed by atoms with van der Waals surface area (Å²) in [7, 11) is 0. The molecule has 1 aliphatic heterocycles. The molecule has 0 fully saturated rings. The van der Waals surface area contributed by atoms with Crippen LogP contribution in [-0.2, 0) is 4.79 Å². The average Bonchev–Trinajstić information content (AvgIpc) is 2.81. The van der Waals surface area contributed by atoms with Crippen LogP contribution >= 0.6 is 0 Å². The Hall–Kier alpha value is -2.13. The zero-order chi connectivity index (χ0) is 15.9. The number of aryl methyl sites for hydroxylation is 2. The lowest BCUT2D eigenvalue weighted by Crippen LogP contribution is -2.15. The van der Waals surface area contributed by atoms with Crippen molar-refractivity contribution in [3.05, 3.63) is 64.2 Å². The molecule has 0 radical (unpaired) electrons. The van der Waals surface area contributed by atoms with Crippen LogP contribution in [0.3, 0.4) is 0 Å². The number of hydrogen-bond acceptors (Lipinski definition) is 2. The van der Waals surface area contributed by atoms with Crippen molar-refractivity contribution < 1.29 is 4.79 Å². The van der Waals surface area contributed by atoms with Crippen molar-refractivity contribution in [3.63, 3.8) is 0 Å². The molecule has 1 amide bonds. The van der Waals surface area contributed by atoms with Gasteiger partial charge in [-0.25, -0.2) is 0 Å². The normalized spacial score (nSPS) is 18.0. The zero-order valence-electron chi connectivity index (χ0n) is 13.3. The maximum Gasteiger partial charge on any atom is 0.232 e. The van der Waals surface area contributed by atoms with Crippen molar-refractivity contribution in [2.24, 2.45) is 5.73 Å². The summed E-state index contributed by atoms with van der Waals surface area (Å²) in [5, 5.41) is 3.04. The Labute approximate surface area is 131 Å². The zero-order valence-corrected chi connectivity index (χ0v) is 13.3. The third kappa shape index (κ3) is 2.42. The highest BCUT2D eigenvalue weighted by Crippen LogP contribution is 2.40. The van der Waals surface area contributed by atoms with Crippen LogP contribution in [0.25, 0.3) is 0 Å². The molecule has 3 N–H and O–H groups in total. The van der Waals surface area contributed by atoms with Gasteiger partial charge in [-0.3, -0.25) is 4.79 Å². The van der Waals surface area contributed by atoms with E-state index < -0.39 is 0 Å². The van der Waals surface area contributed by atoms with Crippen LogP contribution in [0.15, 0.2) is 36.4 Å². The summed E-state index contributed by atoms with van der Waals surface area (Å²) < 4.78 is 0. The van der Waals surface area contributed by atoms with Gasteiger partial charge in [0.15, 0.2) is 0 Å². The van der Waals surface area contributed by atoms with E-state index in [9.17, 15) is 4.79 Å². The van der Waals surface area contributed by atoms with Gasteiger partial charge >= 0.3 is 0 Å². The Bertz CT molecular complexity index is 719. The minimum Gasteiger partial charge on any atom is -0.325 e. The molecule has 2 aromatic carbocycles. The lowest BCUT2D eigenvalue weighted by molar-refractivity contribution is -0.117. The van der Waals surface area contributed by atoms with E-state index >= 15 is 0 Å². The largest absolute Gasteiger partial charge is 0.325 e. The molecule has 2 aromatic rings. The fraction of sp³-hybridized carbons (Fsp3) is 0.316. The summed E-state index contributed by atoms with van der Waals surface area (Å²) in [6.07, 6.45) is 0.807. The molecule has 3 rings (SSSR count). The van der Waals surface area contributed by atoms with E-state index in [0.717, 1.165) is 34.4 Å². The van der Waals surface area contributed by atoms with E-state index in [0.29, 0.717) is 0 Å². The molecule has 1 heterocycles. The Kier molecular flexibility index (Phi) is 3.75. The topological polar surface area (TPSA) is 55.1 Å². The molecule has 2 atom stereocenters. The quantitative estimate of drug-likeness (QED) is 0.904. The Morgan fingerprint density at radius 1 is 1.14 bits per heavy atom. The predicted molar refractivity (Wildman–Crippen MR) is 90.1 cm³/mol. The van der Waals surface area contributed by atoms with Crippen LogP contribution in [-0.4, -0.2) is 5.91 Å². The molecule has 22 heavy (non-hydrogen) atoms. The van der Waals surface area contributed by atoms with Gasteiger partial charge in [-0.05, 0) is 37.0 Å². The van der Waals surface area contributed by atoms with Crippen molar-refractivity contribution in [1.82, 2.24) is 0 Å². The second-order valence-corrected chi connectivity index (χ2v) is 6.16. The molecule has 0 saturated carbocycles. The molecule has 0 bridgehead atoms. The highest BCUT2D eigenvalue weighted by atomic mass is 16.2. The molecular weight excluding hydrogens is 272 g/mol. The van der Waals surface area contributed by atoms with Gasteiger partial charge in [-0.2, -0.15) is 0 Å². The van der Waals surface area contributed by atoms with Gasteiger partial charge in [-0.15, -0.1) is 0 Å². The maximum absolute atomic E-state index is 12.2. The van der Waals surface area contributed by atoms with E-state index in [1.165, 1.54) is 5.56 Å². The fourth-order valence-electron chi connectivity index (χ4n) is 3.22. The standard InChI is InChI=1S/C19H22N2O/c1-4-14-15-9-12(3)10-16(18(15)21-19(14)22)17(20)13-7-5-11(2)6-8-13/h5-10,14,17H,4,20H2,1-3H3,(H,21,22). The molecule has 114 valence electrons. The molecule has 3 heteroatoms. The van der Waals surface area contributed by atoms with Crippen LogP contribution < -0.4 is 11.1 Å². The van der Waals surface area contributed by atoms with Gasteiger partial charge in [-0.1, -0.05) is 54.4 Å². The van der Waals surface area contributed by atoms with E-state index in [-0.39, 0.29) is 17.9 Å². The van der Waals surface area contributed by atoms with Gasteiger partial charge < -0.3 is 11.1 Å². The Morgan fingerprint density at radius 2 is 1.82 bits per heavy atom. The number of hydrogen-bond donors (Lipinski definition) is 2. The van der Waals surface area contributed by atoms with E-state index in [1.54, 1.807) is 0 Å². The summed E-state index contributed by atoms with van der Waals surface area (Å²) in [6.45, 7) is 6.16. The first-order chi connectivity index (χ1) is 10.5. The molecular formula is C19H22N2O. The minimum absolute atomic E-state index is 0.0566. The molecule has 0 saturated heterocycles. The number of fused-ring (bicyclic) bond motifs is 1. The Morgan fingerprint density at radius 3 is 2.45 bits per heavy atom. The molecule has 3 nitrogen and oxygen atoms in total. The molecule has 0 aliphatic carbocycles. The maximum atomic E-state index is 12.2. The third-order valence-corrected chi connectivity index (χ3v) is 4.46. The number of benzene rings is 2. The van der Waals surface area contributed by atoms with Crippen molar-refractivity contribution in [2.75, 3.05) is 5.32 Å². The first-order valence-electron chi connectivity index (χ1n) is 7.78. The third-order valence-electron chi connectivity index (χ3n) is 4.46. The van der Waals surface area contributed by atoms with Crippen LogP contribution in [0.5, 0.6) is 0 Å². The molecule has 2 unspecified atom stereocenters. The van der Waals surface area contributed by atoms with Crippen molar-refractivity contribution in [2.45, 2.75) is 39.2 Å². The SMILES string of the molecule is CCC1C(=O)Nc2c1cc(C)cc2C(N)c1ccc(C)cc1. The number of amides is 1. The van der Waals surface area contributed by atoms with Gasteiger partial charge in [0.1, 0.15) is 0 Å². The number of carbonyl (C=O) groups is 1. The summed E-state index contributed by atoms with van der Waals surface area (Å²) >= 11 is 0. The molecule has 0 aromatic heterocycles. The first kappa shape index (κ1) is 14.8. The van der Waals surface area contributed by atoms with Crippen LogP contribution in [0.1, 0.15) is 53.1 Å². The predicted octanol–water partition coefficient (Wildman–Crippen LogP) is 3.80. The fourth-order valence-corrected chi connectivity index (χ4v) is 3.22. The van der Waals surface area contributed by atoms with Crippen molar-refractivity contribution in [3.8, 4) is 0 Å². The first-order valence-corrected chi connectivity index (χ1v) is 7.78. The van der Waals surface area contributed by atoms with Gasteiger partial charge in [0.05, 0.1) is 12.0 Å². The molecule has 1 aliphatic rings. The van der Waals surface area contributed by atoms with E-state index in [2.05, 4.69) is 55.6 Å². The van der Waals surface area contributed by atoms with Gasteiger partial charge in [0.2, 0.25) is 5.91 Å². The monoisotopic (exact) mass is 294 g/mol. The van der Waals surface area contributed by atoms with E-state index in [1.807, 2.05) is 6.92 Å². The van der Waals surface area contributed by atoms with Crippen molar-refractivity contribution >= 4 is 11.6 Å².